The second kappa shape index (κ2) is 14.7. The SMILES string of the molecule is CCC(CC(CC(C)C(=O)ON=Cc1c2ccccc2cc2ccccc12)C(=O)OCCCO)C(=O)OCC1CO1. The fraction of sp³-hybridized carbons (Fsp3) is 0.438. The van der Waals surface area contributed by atoms with Gasteiger partial charge >= 0.3 is 17.9 Å². The summed E-state index contributed by atoms with van der Waals surface area (Å²) in [5.41, 5.74) is 0.838. The Kier molecular flexibility index (Phi) is 10.8. The van der Waals surface area contributed by atoms with E-state index < -0.39 is 35.7 Å². The van der Waals surface area contributed by atoms with E-state index in [1.807, 2.05) is 55.5 Å². The van der Waals surface area contributed by atoms with Crippen molar-refractivity contribution in [3.63, 3.8) is 0 Å². The monoisotopic (exact) mass is 563 g/mol. The number of aliphatic hydroxyl groups is 1. The molecule has 0 radical (unpaired) electrons. The van der Waals surface area contributed by atoms with Crippen molar-refractivity contribution in [1.82, 2.24) is 0 Å². The number of benzene rings is 3. The summed E-state index contributed by atoms with van der Waals surface area (Å²) in [5, 5.41) is 17.1. The van der Waals surface area contributed by atoms with E-state index in [-0.39, 0.29) is 38.8 Å². The maximum atomic E-state index is 12.9. The number of fused-ring (bicyclic) bond motifs is 2. The van der Waals surface area contributed by atoms with Crippen LogP contribution in [0.1, 0.15) is 45.1 Å². The molecule has 1 aliphatic heterocycles. The number of carbonyl (C=O) groups excluding carboxylic acids is 3. The number of esters is 2. The van der Waals surface area contributed by atoms with Gasteiger partial charge in [-0.1, -0.05) is 67.5 Å². The normalized spacial score (nSPS) is 16.8. The van der Waals surface area contributed by atoms with Gasteiger partial charge in [-0.3, -0.25) is 9.59 Å². The van der Waals surface area contributed by atoms with Crippen LogP contribution in [0.3, 0.4) is 0 Å². The van der Waals surface area contributed by atoms with E-state index in [9.17, 15) is 14.4 Å². The zero-order valence-electron chi connectivity index (χ0n) is 23.5. The van der Waals surface area contributed by atoms with Crippen LogP contribution in [0.25, 0.3) is 21.5 Å². The molecule has 3 aromatic carbocycles. The highest BCUT2D eigenvalue weighted by Gasteiger charge is 2.33. The van der Waals surface area contributed by atoms with Crippen molar-refractivity contribution in [2.75, 3.05) is 26.4 Å². The van der Waals surface area contributed by atoms with Crippen molar-refractivity contribution in [3.8, 4) is 0 Å². The number of nitrogens with zero attached hydrogens (tertiary/aromatic N) is 1. The minimum Gasteiger partial charge on any atom is -0.465 e. The highest BCUT2D eigenvalue weighted by Crippen LogP contribution is 2.28. The minimum absolute atomic E-state index is 0.0498. The first-order valence-corrected chi connectivity index (χ1v) is 14.1. The quantitative estimate of drug-likeness (QED) is 0.0532. The molecule has 218 valence electrons. The van der Waals surface area contributed by atoms with Crippen LogP contribution in [-0.2, 0) is 33.4 Å². The largest absolute Gasteiger partial charge is 0.465 e. The van der Waals surface area contributed by atoms with Crippen LogP contribution < -0.4 is 0 Å². The zero-order chi connectivity index (χ0) is 29.2. The van der Waals surface area contributed by atoms with Gasteiger partial charge in [-0.25, -0.2) is 4.79 Å². The van der Waals surface area contributed by atoms with Gasteiger partial charge in [-0.15, -0.1) is 0 Å². The Morgan fingerprint density at radius 1 is 0.976 bits per heavy atom. The summed E-state index contributed by atoms with van der Waals surface area (Å²) in [6.45, 7) is 4.20. The van der Waals surface area contributed by atoms with Gasteiger partial charge in [0.1, 0.15) is 12.7 Å². The average molecular weight is 564 g/mol. The molecule has 0 saturated carbocycles. The van der Waals surface area contributed by atoms with E-state index in [1.165, 1.54) is 0 Å². The van der Waals surface area contributed by atoms with Gasteiger partial charge in [0.15, 0.2) is 0 Å². The Hall–Kier alpha value is -3.82. The fourth-order valence-corrected chi connectivity index (χ4v) is 4.81. The van der Waals surface area contributed by atoms with Crippen LogP contribution in [0, 0.1) is 17.8 Å². The number of aliphatic hydroxyl groups excluding tert-OH is 1. The van der Waals surface area contributed by atoms with Gasteiger partial charge in [-0.2, -0.15) is 0 Å². The Labute approximate surface area is 239 Å². The van der Waals surface area contributed by atoms with Crippen molar-refractivity contribution in [1.29, 1.82) is 0 Å². The maximum Gasteiger partial charge on any atom is 0.337 e. The standard InChI is InChI=1S/C32H37NO8/c1-3-22(31(36)40-20-26-19-39-26)16-25(32(37)38-14-8-13-34)15-21(2)30(35)41-33-18-29-27-11-6-4-9-23(27)17-24-10-5-7-12-28(24)29/h4-7,9-12,17-18,21-22,25-26,34H,3,8,13-16,19-20H2,1-2H3. The molecular formula is C32H37NO8. The van der Waals surface area contributed by atoms with E-state index in [1.54, 1.807) is 13.1 Å². The minimum atomic E-state index is -0.739. The van der Waals surface area contributed by atoms with Crippen LogP contribution >= 0.6 is 0 Å². The lowest BCUT2D eigenvalue weighted by atomic mass is 9.86. The van der Waals surface area contributed by atoms with Crippen molar-refractivity contribution >= 4 is 45.7 Å². The molecule has 0 aliphatic carbocycles. The van der Waals surface area contributed by atoms with Gasteiger partial charge in [0.05, 0.1) is 37.2 Å². The molecule has 4 rings (SSSR count). The molecule has 0 bridgehead atoms. The summed E-state index contributed by atoms with van der Waals surface area (Å²) in [5.74, 6) is -3.50. The lowest BCUT2D eigenvalue weighted by Crippen LogP contribution is -2.29. The Balaban J connectivity index is 1.43. The maximum absolute atomic E-state index is 12.9. The summed E-state index contributed by atoms with van der Waals surface area (Å²) in [4.78, 5) is 43.8. The van der Waals surface area contributed by atoms with Crippen molar-refractivity contribution < 1.29 is 38.5 Å². The highest BCUT2D eigenvalue weighted by atomic mass is 16.7. The predicted octanol–water partition coefficient (Wildman–Crippen LogP) is 4.80. The number of hydrogen-bond donors (Lipinski definition) is 1. The molecular weight excluding hydrogens is 526 g/mol. The molecule has 0 aromatic heterocycles. The average Bonchev–Trinajstić information content (AvgIpc) is 3.82. The molecule has 0 amide bonds. The molecule has 4 atom stereocenters. The Bertz CT molecular complexity index is 1330. The lowest BCUT2D eigenvalue weighted by molar-refractivity contribution is -0.155. The van der Waals surface area contributed by atoms with Crippen LogP contribution in [0.15, 0.2) is 59.8 Å². The molecule has 1 fully saturated rings. The third-order valence-corrected chi connectivity index (χ3v) is 7.27. The van der Waals surface area contributed by atoms with E-state index in [0.717, 1.165) is 27.1 Å². The first kappa shape index (κ1) is 30.1. The lowest BCUT2D eigenvalue weighted by Gasteiger charge is -2.22. The van der Waals surface area contributed by atoms with Gasteiger partial charge < -0.3 is 24.2 Å². The molecule has 1 N–H and O–H groups in total. The number of oxime groups is 1. The van der Waals surface area contributed by atoms with Crippen LogP contribution in [0.4, 0.5) is 0 Å². The second-order valence-electron chi connectivity index (χ2n) is 10.4. The Morgan fingerprint density at radius 2 is 1.61 bits per heavy atom. The number of hydrogen-bond acceptors (Lipinski definition) is 9. The third-order valence-electron chi connectivity index (χ3n) is 7.27. The molecule has 4 unspecified atom stereocenters. The molecule has 1 aliphatic rings. The number of carbonyl (C=O) groups is 3. The third kappa shape index (κ3) is 8.34. The Morgan fingerprint density at radius 3 is 2.22 bits per heavy atom. The second-order valence-corrected chi connectivity index (χ2v) is 10.4. The summed E-state index contributed by atoms with van der Waals surface area (Å²) in [6.07, 6.45) is 2.53. The molecule has 9 heteroatoms. The van der Waals surface area contributed by atoms with Gasteiger partial charge in [0.25, 0.3) is 0 Å². The molecule has 41 heavy (non-hydrogen) atoms. The first-order chi connectivity index (χ1) is 19.9. The van der Waals surface area contributed by atoms with Crippen LogP contribution in [0.2, 0.25) is 0 Å². The topological polar surface area (TPSA) is 124 Å². The number of rotatable bonds is 15. The van der Waals surface area contributed by atoms with Crippen LogP contribution in [0.5, 0.6) is 0 Å². The van der Waals surface area contributed by atoms with Gasteiger partial charge in [0, 0.05) is 18.6 Å². The fourth-order valence-electron chi connectivity index (χ4n) is 4.81. The highest BCUT2D eigenvalue weighted by molar-refractivity contribution is 6.13. The molecule has 3 aromatic rings. The summed E-state index contributed by atoms with van der Waals surface area (Å²) < 4.78 is 15.8. The molecule has 0 spiro atoms. The smallest absolute Gasteiger partial charge is 0.337 e. The van der Waals surface area contributed by atoms with E-state index in [0.29, 0.717) is 19.4 Å². The van der Waals surface area contributed by atoms with Crippen molar-refractivity contribution in [2.45, 2.75) is 45.6 Å². The van der Waals surface area contributed by atoms with E-state index >= 15 is 0 Å². The molecule has 1 saturated heterocycles. The van der Waals surface area contributed by atoms with Gasteiger partial charge in [0.2, 0.25) is 0 Å². The van der Waals surface area contributed by atoms with Gasteiger partial charge in [-0.05, 0) is 46.9 Å². The number of epoxide rings is 1. The zero-order valence-corrected chi connectivity index (χ0v) is 23.5. The van der Waals surface area contributed by atoms with Crippen molar-refractivity contribution in [3.05, 3.63) is 60.2 Å². The molecule has 1 heterocycles. The summed E-state index contributed by atoms with van der Waals surface area (Å²) in [6, 6.07) is 18.0. The molecule has 9 nitrogen and oxygen atoms in total. The van der Waals surface area contributed by atoms with Crippen LogP contribution in [-0.4, -0.2) is 61.8 Å². The van der Waals surface area contributed by atoms with E-state index in [4.69, 9.17) is 24.2 Å². The first-order valence-electron chi connectivity index (χ1n) is 14.1. The summed E-state index contributed by atoms with van der Waals surface area (Å²) >= 11 is 0. The summed E-state index contributed by atoms with van der Waals surface area (Å²) in [7, 11) is 0. The predicted molar refractivity (Wildman–Crippen MR) is 154 cm³/mol. The van der Waals surface area contributed by atoms with Crippen molar-refractivity contribution in [2.24, 2.45) is 22.9 Å². The number of ether oxygens (including phenoxy) is 3. The van der Waals surface area contributed by atoms with E-state index in [2.05, 4.69) is 11.2 Å².